The summed E-state index contributed by atoms with van der Waals surface area (Å²) in [5.74, 6) is -0.733. The van der Waals surface area contributed by atoms with Crippen LogP contribution in [0.5, 0.6) is 0 Å². The molecule has 94 valence electrons. The van der Waals surface area contributed by atoms with Crippen LogP contribution < -0.4 is 5.73 Å². The minimum atomic E-state index is -0.366. The van der Waals surface area contributed by atoms with E-state index in [1.807, 2.05) is 0 Å². The summed E-state index contributed by atoms with van der Waals surface area (Å²) >= 11 is 5.78. The van der Waals surface area contributed by atoms with E-state index < -0.39 is 0 Å². The zero-order valence-corrected chi connectivity index (χ0v) is 10.7. The molecule has 0 bridgehead atoms. The number of hydrogen-bond acceptors (Lipinski definition) is 2. The molecule has 1 amide bonds. The first kappa shape index (κ1) is 13.9. The number of carbonyl (C=O) groups excluding carboxylic acids is 1. The summed E-state index contributed by atoms with van der Waals surface area (Å²) in [5, 5.41) is 0.453. The number of carbonyl (C=O) groups is 1. The van der Waals surface area contributed by atoms with Gasteiger partial charge in [-0.3, -0.25) is 4.79 Å². The van der Waals surface area contributed by atoms with Crippen LogP contribution in [0.3, 0.4) is 0 Å². The first-order valence-corrected chi connectivity index (χ1v) is 5.72. The summed E-state index contributed by atoms with van der Waals surface area (Å²) in [6.45, 7) is 2.21. The summed E-state index contributed by atoms with van der Waals surface area (Å²) in [4.78, 5) is 13.2. The lowest BCUT2D eigenvalue weighted by Gasteiger charge is -2.21. The molecule has 1 atom stereocenters. The summed E-state index contributed by atoms with van der Waals surface area (Å²) in [5.41, 5.74) is 5.82. The third-order valence-electron chi connectivity index (χ3n) is 2.57. The average molecular weight is 259 g/mol. The lowest BCUT2D eigenvalue weighted by atomic mass is 10.1. The lowest BCUT2D eigenvalue weighted by Crippen LogP contribution is -2.34. The maximum Gasteiger partial charge on any atom is 0.226 e. The van der Waals surface area contributed by atoms with Gasteiger partial charge in [0.2, 0.25) is 5.91 Å². The van der Waals surface area contributed by atoms with Gasteiger partial charge < -0.3 is 10.6 Å². The molecule has 17 heavy (non-hydrogen) atoms. The van der Waals surface area contributed by atoms with Crippen LogP contribution in [-0.4, -0.2) is 24.4 Å². The van der Waals surface area contributed by atoms with Crippen LogP contribution in [0.1, 0.15) is 12.5 Å². The van der Waals surface area contributed by atoms with Gasteiger partial charge in [0.15, 0.2) is 0 Å². The zero-order valence-electron chi connectivity index (χ0n) is 9.91. The van der Waals surface area contributed by atoms with Gasteiger partial charge in [0.25, 0.3) is 0 Å². The van der Waals surface area contributed by atoms with E-state index in [4.69, 9.17) is 17.3 Å². The Kier molecular flexibility index (Phi) is 4.90. The molecule has 0 spiro atoms. The van der Waals surface area contributed by atoms with Gasteiger partial charge in [-0.05, 0) is 18.2 Å². The van der Waals surface area contributed by atoms with Crippen molar-refractivity contribution in [2.75, 3.05) is 13.6 Å². The van der Waals surface area contributed by atoms with Crippen molar-refractivity contribution in [1.82, 2.24) is 4.90 Å². The van der Waals surface area contributed by atoms with Crippen LogP contribution in [0.15, 0.2) is 18.2 Å². The molecule has 0 heterocycles. The van der Waals surface area contributed by atoms with E-state index in [2.05, 4.69) is 0 Å². The molecule has 0 fully saturated rings. The Balaban J connectivity index is 2.77. The third-order valence-corrected chi connectivity index (χ3v) is 2.80. The Morgan fingerprint density at radius 1 is 1.59 bits per heavy atom. The second-order valence-electron chi connectivity index (χ2n) is 4.07. The van der Waals surface area contributed by atoms with Crippen molar-refractivity contribution < 1.29 is 9.18 Å². The largest absolute Gasteiger partial charge is 0.341 e. The molecular formula is C12H16ClFN2O. The van der Waals surface area contributed by atoms with Crippen molar-refractivity contribution in [1.29, 1.82) is 0 Å². The Labute approximate surface area is 105 Å². The van der Waals surface area contributed by atoms with Gasteiger partial charge in [-0.1, -0.05) is 18.5 Å². The third kappa shape index (κ3) is 3.68. The average Bonchev–Trinajstić information content (AvgIpc) is 2.31. The van der Waals surface area contributed by atoms with E-state index in [0.717, 1.165) is 0 Å². The fourth-order valence-corrected chi connectivity index (χ4v) is 1.67. The van der Waals surface area contributed by atoms with E-state index in [1.54, 1.807) is 14.0 Å². The summed E-state index contributed by atoms with van der Waals surface area (Å²) in [6, 6.07) is 4.29. The predicted molar refractivity (Wildman–Crippen MR) is 66.1 cm³/mol. The Hall–Kier alpha value is -1.13. The summed E-state index contributed by atoms with van der Waals surface area (Å²) < 4.78 is 13.5. The number of hydrogen-bond donors (Lipinski definition) is 1. The van der Waals surface area contributed by atoms with E-state index in [0.29, 0.717) is 10.6 Å². The van der Waals surface area contributed by atoms with E-state index in [-0.39, 0.29) is 30.7 Å². The molecule has 0 aliphatic rings. The lowest BCUT2D eigenvalue weighted by molar-refractivity contribution is -0.133. The molecule has 1 rings (SSSR count). The smallest absolute Gasteiger partial charge is 0.226 e. The predicted octanol–water partition coefficient (Wildman–Crippen LogP) is 2.03. The van der Waals surface area contributed by atoms with Gasteiger partial charge in [-0.2, -0.15) is 0 Å². The molecule has 1 unspecified atom stereocenters. The van der Waals surface area contributed by atoms with Crippen molar-refractivity contribution >= 4 is 17.5 Å². The standard InChI is InChI=1S/C12H16ClFN2O/c1-8(6-15)12(17)16(2)7-9-5-10(13)3-4-11(9)14/h3-5,8H,6-7,15H2,1-2H3. The molecule has 5 heteroatoms. The molecular weight excluding hydrogens is 243 g/mol. The van der Waals surface area contributed by atoms with Crippen molar-refractivity contribution in [3.63, 3.8) is 0 Å². The molecule has 1 aromatic carbocycles. The van der Waals surface area contributed by atoms with E-state index in [9.17, 15) is 9.18 Å². The maximum absolute atomic E-state index is 13.5. The van der Waals surface area contributed by atoms with Crippen LogP contribution in [0, 0.1) is 11.7 Å². The normalized spacial score (nSPS) is 12.3. The number of nitrogens with two attached hydrogens (primary N) is 1. The van der Waals surface area contributed by atoms with Gasteiger partial charge in [0.05, 0.1) is 0 Å². The summed E-state index contributed by atoms with van der Waals surface area (Å²) in [7, 11) is 1.62. The molecule has 1 aromatic rings. The molecule has 3 nitrogen and oxygen atoms in total. The first-order chi connectivity index (χ1) is 7.95. The zero-order chi connectivity index (χ0) is 13.0. The highest BCUT2D eigenvalue weighted by atomic mass is 35.5. The van der Waals surface area contributed by atoms with Crippen LogP contribution in [0.25, 0.3) is 0 Å². The van der Waals surface area contributed by atoms with Crippen LogP contribution in [0.2, 0.25) is 5.02 Å². The Bertz CT molecular complexity index is 411. The highest BCUT2D eigenvalue weighted by Gasteiger charge is 2.17. The van der Waals surface area contributed by atoms with E-state index >= 15 is 0 Å². The minimum Gasteiger partial charge on any atom is -0.341 e. The molecule has 0 aliphatic heterocycles. The maximum atomic E-state index is 13.5. The molecule has 2 N–H and O–H groups in total. The van der Waals surface area contributed by atoms with Gasteiger partial charge in [-0.15, -0.1) is 0 Å². The molecule has 0 saturated heterocycles. The highest BCUT2D eigenvalue weighted by molar-refractivity contribution is 6.30. The van der Waals surface area contributed by atoms with Gasteiger partial charge >= 0.3 is 0 Å². The van der Waals surface area contributed by atoms with Crippen LogP contribution >= 0.6 is 11.6 Å². The number of amides is 1. The fourth-order valence-electron chi connectivity index (χ4n) is 1.47. The quantitative estimate of drug-likeness (QED) is 0.898. The van der Waals surface area contributed by atoms with Gasteiger partial charge in [0.1, 0.15) is 5.82 Å². The number of halogens is 2. The van der Waals surface area contributed by atoms with Crippen molar-refractivity contribution in [3.05, 3.63) is 34.6 Å². The van der Waals surface area contributed by atoms with Crippen molar-refractivity contribution in [2.24, 2.45) is 11.7 Å². The first-order valence-electron chi connectivity index (χ1n) is 5.34. The van der Waals surface area contributed by atoms with E-state index in [1.165, 1.54) is 23.1 Å². The number of nitrogens with zero attached hydrogens (tertiary/aromatic N) is 1. The minimum absolute atomic E-state index is 0.105. The monoisotopic (exact) mass is 258 g/mol. The molecule has 0 aromatic heterocycles. The topological polar surface area (TPSA) is 46.3 Å². The van der Waals surface area contributed by atoms with Crippen LogP contribution in [-0.2, 0) is 11.3 Å². The highest BCUT2D eigenvalue weighted by Crippen LogP contribution is 2.16. The fraction of sp³-hybridized carbons (Fsp3) is 0.417. The molecule has 0 saturated carbocycles. The molecule has 0 aliphatic carbocycles. The second kappa shape index (κ2) is 5.98. The Morgan fingerprint density at radius 3 is 2.82 bits per heavy atom. The van der Waals surface area contributed by atoms with Gasteiger partial charge in [0, 0.05) is 36.6 Å². The molecule has 0 radical (unpaired) electrons. The number of rotatable bonds is 4. The Morgan fingerprint density at radius 2 is 2.24 bits per heavy atom. The van der Waals surface area contributed by atoms with Crippen molar-refractivity contribution in [2.45, 2.75) is 13.5 Å². The SMILES string of the molecule is CC(CN)C(=O)N(C)Cc1cc(Cl)ccc1F. The second-order valence-corrected chi connectivity index (χ2v) is 4.50. The summed E-state index contributed by atoms with van der Waals surface area (Å²) in [6.07, 6.45) is 0. The number of benzene rings is 1. The van der Waals surface area contributed by atoms with Crippen LogP contribution in [0.4, 0.5) is 4.39 Å². The van der Waals surface area contributed by atoms with Crippen molar-refractivity contribution in [3.8, 4) is 0 Å². The van der Waals surface area contributed by atoms with Gasteiger partial charge in [-0.25, -0.2) is 4.39 Å².